The number of carbonyl (C=O) groups excluding carboxylic acids is 2. The van der Waals surface area contributed by atoms with Crippen LogP contribution in [0.1, 0.15) is 24.2 Å². The van der Waals surface area contributed by atoms with Crippen LogP contribution in [0.15, 0.2) is 12.1 Å². The van der Waals surface area contributed by atoms with Gasteiger partial charge < -0.3 is 16.4 Å². The molecule has 0 radical (unpaired) electrons. The second kappa shape index (κ2) is 6.31. The summed E-state index contributed by atoms with van der Waals surface area (Å²) in [7, 11) is 0. The molecule has 0 spiro atoms. The zero-order valence-electron chi connectivity index (χ0n) is 11.3. The van der Waals surface area contributed by atoms with Gasteiger partial charge in [-0.3, -0.25) is 9.59 Å². The van der Waals surface area contributed by atoms with Crippen LogP contribution in [0, 0.1) is 17.6 Å². The molecule has 110 valence electrons. The molecular weight excluding hydrogens is 268 g/mol. The van der Waals surface area contributed by atoms with Crippen LogP contribution in [-0.2, 0) is 4.79 Å². The molecule has 2 amide bonds. The second-order valence-electron chi connectivity index (χ2n) is 4.90. The van der Waals surface area contributed by atoms with Crippen molar-refractivity contribution in [3.05, 3.63) is 29.3 Å². The Hall–Kier alpha value is -2.18. The lowest BCUT2D eigenvalue weighted by atomic mass is 10.1. The van der Waals surface area contributed by atoms with Crippen molar-refractivity contribution in [2.75, 3.05) is 18.8 Å². The Morgan fingerprint density at radius 3 is 2.40 bits per heavy atom. The van der Waals surface area contributed by atoms with E-state index in [0.29, 0.717) is 0 Å². The summed E-state index contributed by atoms with van der Waals surface area (Å²) >= 11 is 0. The van der Waals surface area contributed by atoms with Gasteiger partial charge in [-0.2, -0.15) is 0 Å². The minimum atomic E-state index is -1.00. The largest absolute Gasteiger partial charge is 0.396 e. The number of benzene rings is 1. The molecule has 0 saturated heterocycles. The van der Waals surface area contributed by atoms with Crippen LogP contribution in [0.25, 0.3) is 0 Å². The van der Waals surface area contributed by atoms with E-state index >= 15 is 0 Å². The van der Waals surface area contributed by atoms with Gasteiger partial charge >= 0.3 is 0 Å². The van der Waals surface area contributed by atoms with E-state index < -0.39 is 34.7 Å². The fourth-order valence-electron chi connectivity index (χ4n) is 1.78. The van der Waals surface area contributed by atoms with E-state index in [1.165, 1.54) is 0 Å². The van der Waals surface area contributed by atoms with Gasteiger partial charge in [-0.25, -0.2) is 8.78 Å². The first-order chi connectivity index (χ1) is 9.22. The van der Waals surface area contributed by atoms with Gasteiger partial charge in [0.25, 0.3) is 5.91 Å². The predicted octanol–water partition coefficient (Wildman–Crippen LogP) is 1.13. The molecule has 0 aliphatic rings. The van der Waals surface area contributed by atoms with Gasteiger partial charge in [-0.05, 0) is 18.1 Å². The predicted molar refractivity (Wildman–Crippen MR) is 70.7 cm³/mol. The van der Waals surface area contributed by atoms with Crippen LogP contribution in [0.5, 0.6) is 0 Å². The molecule has 1 aromatic rings. The summed E-state index contributed by atoms with van der Waals surface area (Å²) in [6.07, 6.45) is 0. The Morgan fingerprint density at radius 2 is 1.90 bits per heavy atom. The van der Waals surface area contributed by atoms with Gasteiger partial charge in [0.2, 0.25) is 5.91 Å². The molecule has 5 nitrogen and oxygen atoms in total. The average Bonchev–Trinajstić information content (AvgIpc) is 2.30. The highest BCUT2D eigenvalue weighted by atomic mass is 19.1. The van der Waals surface area contributed by atoms with Crippen molar-refractivity contribution in [3.63, 3.8) is 0 Å². The summed E-state index contributed by atoms with van der Waals surface area (Å²) in [4.78, 5) is 24.3. The van der Waals surface area contributed by atoms with E-state index in [4.69, 9.17) is 11.5 Å². The van der Waals surface area contributed by atoms with Crippen molar-refractivity contribution in [1.82, 2.24) is 4.90 Å². The molecular formula is C13H17F2N3O2. The molecule has 0 heterocycles. The van der Waals surface area contributed by atoms with E-state index in [9.17, 15) is 18.4 Å². The third kappa shape index (κ3) is 3.91. The molecule has 0 aliphatic carbocycles. The van der Waals surface area contributed by atoms with E-state index in [-0.39, 0.29) is 19.0 Å². The van der Waals surface area contributed by atoms with Gasteiger partial charge in [-0.1, -0.05) is 13.8 Å². The highest BCUT2D eigenvalue weighted by molar-refractivity contribution is 5.97. The smallest absolute Gasteiger partial charge is 0.257 e. The van der Waals surface area contributed by atoms with Crippen LogP contribution in [0.4, 0.5) is 14.5 Å². The monoisotopic (exact) mass is 285 g/mol. The number of anilines is 1. The molecule has 0 fully saturated rings. The Bertz CT molecular complexity index is 533. The molecule has 0 unspecified atom stereocenters. The van der Waals surface area contributed by atoms with E-state index in [0.717, 1.165) is 17.0 Å². The summed E-state index contributed by atoms with van der Waals surface area (Å²) in [5.41, 5.74) is 9.37. The number of amides is 2. The van der Waals surface area contributed by atoms with Crippen molar-refractivity contribution in [3.8, 4) is 0 Å². The molecule has 0 bridgehead atoms. The number of halogens is 2. The Morgan fingerprint density at radius 1 is 1.30 bits per heavy atom. The highest BCUT2D eigenvalue weighted by Crippen LogP contribution is 2.19. The molecule has 0 aliphatic heterocycles. The van der Waals surface area contributed by atoms with E-state index in [1.807, 2.05) is 13.8 Å². The maximum Gasteiger partial charge on any atom is 0.257 e. The second-order valence-corrected chi connectivity index (χ2v) is 4.90. The molecule has 0 aromatic heterocycles. The Balaban J connectivity index is 3.14. The minimum Gasteiger partial charge on any atom is -0.396 e. The number of nitrogens with zero attached hydrogens (tertiary/aromatic N) is 1. The molecule has 0 atom stereocenters. The minimum absolute atomic E-state index is 0.0345. The van der Waals surface area contributed by atoms with Gasteiger partial charge in [0.1, 0.15) is 5.82 Å². The van der Waals surface area contributed by atoms with E-state index in [2.05, 4.69) is 0 Å². The third-order valence-electron chi connectivity index (χ3n) is 2.52. The molecule has 0 saturated carbocycles. The van der Waals surface area contributed by atoms with Gasteiger partial charge in [0.15, 0.2) is 5.82 Å². The lowest BCUT2D eigenvalue weighted by molar-refractivity contribution is -0.118. The number of primary amides is 1. The van der Waals surface area contributed by atoms with E-state index in [1.54, 1.807) is 0 Å². The van der Waals surface area contributed by atoms with Crippen molar-refractivity contribution in [2.24, 2.45) is 11.7 Å². The van der Waals surface area contributed by atoms with Crippen molar-refractivity contribution < 1.29 is 18.4 Å². The first-order valence-electron chi connectivity index (χ1n) is 6.04. The van der Waals surface area contributed by atoms with Gasteiger partial charge in [0.05, 0.1) is 17.8 Å². The first-order valence-corrected chi connectivity index (χ1v) is 6.04. The molecule has 1 aromatic carbocycles. The van der Waals surface area contributed by atoms with Crippen LogP contribution in [-0.4, -0.2) is 29.8 Å². The first kappa shape index (κ1) is 15.9. The lowest BCUT2D eigenvalue weighted by Gasteiger charge is -2.23. The SMILES string of the molecule is CC(C)CN(CC(N)=O)C(=O)c1cc(F)cc(N)c1F. The van der Waals surface area contributed by atoms with Crippen LogP contribution in [0.3, 0.4) is 0 Å². The summed E-state index contributed by atoms with van der Waals surface area (Å²) < 4.78 is 27.1. The number of nitrogen functional groups attached to an aromatic ring is 1. The van der Waals surface area contributed by atoms with Crippen molar-refractivity contribution in [1.29, 1.82) is 0 Å². The van der Waals surface area contributed by atoms with Crippen LogP contribution >= 0.6 is 0 Å². The van der Waals surface area contributed by atoms with Crippen molar-refractivity contribution in [2.45, 2.75) is 13.8 Å². The zero-order chi connectivity index (χ0) is 15.4. The average molecular weight is 285 g/mol. The number of nitrogens with two attached hydrogens (primary N) is 2. The quantitative estimate of drug-likeness (QED) is 0.795. The molecule has 7 heteroatoms. The zero-order valence-corrected chi connectivity index (χ0v) is 11.3. The Labute approximate surface area is 115 Å². The number of carbonyl (C=O) groups is 2. The highest BCUT2D eigenvalue weighted by Gasteiger charge is 2.23. The molecule has 4 N–H and O–H groups in total. The van der Waals surface area contributed by atoms with Crippen molar-refractivity contribution >= 4 is 17.5 Å². The van der Waals surface area contributed by atoms with Gasteiger partial charge in [-0.15, -0.1) is 0 Å². The number of hydrogen-bond acceptors (Lipinski definition) is 3. The maximum absolute atomic E-state index is 13.8. The molecule has 20 heavy (non-hydrogen) atoms. The fraction of sp³-hybridized carbons (Fsp3) is 0.385. The van der Waals surface area contributed by atoms with Gasteiger partial charge in [0, 0.05) is 6.54 Å². The fourth-order valence-corrected chi connectivity index (χ4v) is 1.78. The lowest BCUT2D eigenvalue weighted by Crippen LogP contribution is -2.41. The summed E-state index contributed by atoms with van der Waals surface area (Å²) in [5, 5.41) is 0. The number of hydrogen-bond donors (Lipinski definition) is 2. The topological polar surface area (TPSA) is 89.4 Å². The Kier molecular flexibility index (Phi) is 5.01. The van der Waals surface area contributed by atoms with Crippen LogP contribution in [0.2, 0.25) is 0 Å². The normalized spacial score (nSPS) is 10.7. The third-order valence-corrected chi connectivity index (χ3v) is 2.52. The molecule has 1 rings (SSSR count). The number of rotatable bonds is 5. The summed E-state index contributed by atoms with van der Waals surface area (Å²) in [6.45, 7) is 3.46. The maximum atomic E-state index is 13.8. The summed E-state index contributed by atoms with van der Waals surface area (Å²) in [6, 6.07) is 1.54. The summed E-state index contributed by atoms with van der Waals surface area (Å²) in [5.74, 6) is -3.34. The standard InChI is InChI=1S/C13H17F2N3O2/c1-7(2)5-18(6-11(17)19)13(20)9-3-8(14)4-10(16)12(9)15/h3-4,7H,5-6,16H2,1-2H3,(H2,17,19). The van der Waals surface area contributed by atoms with Crippen LogP contribution < -0.4 is 11.5 Å².